The fourth-order valence-corrected chi connectivity index (χ4v) is 2.31. The van der Waals surface area contributed by atoms with E-state index in [0.29, 0.717) is 11.3 Å². The first-order valence-electron chi connectivity index (χ1n) is 7.44. The van der Waals surface area contributed by atoms with Gasteiger partial charge in [0.2, 0.25) is 0 Å². The van der Waals surface area contributed by atoms with Gasteiger partial charge in [0, 0.05) is 22.7 Å². The molecule has 0 spiro atoms. The summed E-state index contributed by atoms with van der Waals surface area (Å²) < 4.78 is 14.4. The van der Waals surface area contributed by atoms with Crippen LogP contribution in [0.1, 0.15) is 45.7 Å². The summed E-state index contributed by atoms with van der Waals surface area (Å²) in [5, 5.41) is 8.76. The molecule has 1 aromatic rings. The Morgan fingerprint density at radius 2 is 1.71 bits per heavy atom. The maximum Gasteiger partial charge on any atom is 0.513 e. The first kappa shape index (κ1) is 19.6. The van der Waals surface area contributed by atoms with Crippen molar-refractivity contribution in [2.75, 3.05) is 19.5 Å². The second-order valence-corrected chi connectivity index (χ2v) is 7.18. The van der Waals surface area contributed by atoms with Crippen LogP contribution in [0.4, 0.5) is 15.3 Å². The molecule has 0 heterocycles. The number of benzene rings is 1. The highest BCUT2D eigenvalue weighted by Crippen LogP contribution is 2.39. The predicted molar refractivity (Wildman–Crippen MR) is 89.6 cm³/mol. The van der Waals surface area contributed by atoms with Crippen LogP contribution in [0.15, 0.2) is 12.1 Å². The topological polar surface area (TPSA) is 108 Å². The van der Waals surface area contributed by atoms with Crippen LogP contribution in [0.25, 0.3) is 0 Å². The summed E-state index contributed by atoms with van der Waals surface area (Å²) >= 11 is 0. The highest BCUT2D eigenvalue weighted by Gasteiger charge is 2.31. The van der Waals surface area contributed by atoms with Crippen molar-refractivity contribution in [3.05, 3.63) is 23.3 Å². The SMILES string of the molecule is COC(=O)Oc1cc(N)c(C(C)(C)C)cc1C(C)(C)COC(=O)O. The van der Waals surface area contributed by atoms with Gasteiger partial charge in [-0.3, -0.25) is 0 Å². The van der Waals surface area contributed by atoms with Crippen LogP contribution in [0.3, 0.4) is 0 Å². The molecule has 0 aliphatic carbocycles. The molecule has 0 aliphatic heterocycles. The number of carboxylic acid groups (broad SMARTS) is 1. The van der Waals surface area contributed by atoms with Crippen LogP contribution in [0, 0.1) is 0 Å². The molecule has 7 heteroatoms. The lowest BCUT2D eigenvalue weighted by atomic mass is 9.78. The Bertz CT molecular complexity index is 631. The Labute approximate surface area is 141 Å². The lowest BCUT2D eigenvalue weighted by Crippen LogP contribution is -2.28. The van der Waals surface area contributed by atoms with Gasteiger partial charge in [-0.25, -0.2) is 9.59 Å². The van der Waals surface area contributed by atoms with E-state index in [2.05, 4.69) is 4.74 Å². The molecule has 1 aromatic carbocycles. The Morgan fingerprint density at radius 1 is 1.12 bits per heavy atom. The Hall–Kier alpha value is -2.44. The monoisotopic (exact) mass is 339 g/mol. The summed E-state index contributed by atoms with van der Waals surface area (Å²) in [7, 11) is 1.20. The van der Waals surface area contributed by atoms with E-state index < -0.39 is 17.7 Å². The van der Waals surface area contributed by atoms with Gasteiger partial charge >= 0.3 is 12.3 Å². The van der Waals surface area contributed by atoms with Crippen molar-refractivity contribution < 1.29 is 28.9 Å². The van der Waals surface area contributed by atoms with Gasteiger partial charge in [0.25, 0.3) is 0 Å². The first-order chi connectivity index (χ1) is 10.9. The fraction of sp³-hybridized carbons (Fsp3) is 0.529. The number of nitrogens with two attached hydrogens (primary N) is 1. The average Bonchev–Trinajstić information content (AvgIpc) is 2.43. The minimum Gasteiger partial charge on any atom is -0.450 e. The standard InChI is InChI=1S/C17H25NO6/c1-16(2,3)10-7-11(17(4,5)9-23-14(19)20)13(8-12(10)18)24-15(21)22-6/h7-8H,9,18H2,1-6H3,(H,19,20). The zero-order chi connectivity index (χ0) is 18.7. The molecule has 0 fully saturated rings. The highest BCUT2D eigenvalue weighted by atomic mass is 16.7. The van der Waals surface area contributed by atoms with Crippen LogP contribution >= 0.6 is 0 Å². The average molecular weight is 339 g/mol. The number of hydrogen-bond acceptors (Lipinski definition) is 6. The molecule has 134 valence electrons. The normalized spacial score (nSPS) is 11.8. The summed E-state index contributed by atoms with van der Waals surface area (Å²) in [5.74, 6) is 0.214. The van der Waals surface area contributed by atoms with Crippen LogP contribution in [-0.2, 0) is 20.3 Å². The maximum atomic E-state index is 11.5. The van der Waals surface area contributed by atoms with E-state index in [0.717, 1.165) is 5.56 Å². The Balaban J connectivity index is 3.45. The third-order valence-electron chi connectivity index (χ3n) is 3.61. The molecular weight excluding hydrogens is 314 g/mol. The van der Waals surface area contributed by atoms with Gasteiger partial charge in [-0.05, 0) is 17.0 Å². The molecule has 0 aromatic heterocycles. The minimum atomic E-state index is -1.37. The van der Waals surface area contributed by atoms with Gasteiger partial charge < -0.3 is 25.1 Å². The van der Waals surface area contributed by atoms with Crippen molar-refractivity contribution in [1.82, 2.24) is 0 Å². The van der Waals surface area contributed by atoms with Crippen molar-refractivity contribution in [3.8, 4) is 5.75 Å². The Kier molecular flexibility index (Phi) is 5.71. The van der Waals surface area contributed by atoms with E-state index in [-0.39, 0.29) is 17.8 Å². The summed E-state index contributed by atoms with van der Waals surface area (Å²) in [4.78, 5) is 22.2. The van der Waals surface area contributed by atoms with Crippen LogP contribution in [-0.4, -0.2) is 31.1 Å². The molecule has 0 amide bonds. The van der Waals surface area contributed by atoms with Gasteiger partial charge in [-0.15, -0.1) is 0 Å². The second-order valence-electron chi connectivity index (χ2n) is 7.18. The maximum absolute atomic E-state index is 11.5. The molecule has 0 unspecified atom stereocenters. The van der Waals surface area contributed by atoms with E-state index in [1.165, 1.54) is 7.11 Å². The van der Waals surface area contributed by atoms with Crippen molar-refractivity contribution in [2.45, 2.75) is 45.4 Å². The lowest BCUT2D eigenvalue weighted by Gasteiger charge is -2.30. The Morgan fingerprint density at radius 3 is 2.17 bits per heavy atom. The molecule has 24 heavy (non-hydrogen) atoms. The van der Waals surface area contributed by atoms with Gasteiger partial charge in [0.1, 0.15) is 12.4 Å². The van der Waals surface area contributed by atoms with Crippen molar-refractivity contribution in [1.29, 1.82) is 0 Å². The largest absolute Gasteiger partial charge is 0.513 e. The van der Waals surface area contributed by atoms with Crippen molar-refractivity contribution >= 4 is 18.0 Å². The molecule has 0 atom stereocenters. The van der Waals surface area contributed by atoms with Gasteiger partial charge in [0.05, 0.1) is 7.11 Å². The zero-order valence-corrected chi connectivity index (χ0v) is 14.9. The number of hydrogen-bond donors (Lipinski definition) is 2. The van der Waals surface area contributed by atoms with E-state index in [1.54, 1.807) is 19.9 Å². The van der Waals surface area contributed by atoms with E-state index >= 15 is 0 Å². The number of methoxy groups -OCH3 is 1. The number of carbonyl (C=O) groups is 2. The third kappa shape index (κ3) is 4.78. The van der Waals surface area contributed by atoms with Crippen molar-refractivity contribution in [3.63, 3.8) is 0 Å². The fourth-order valence-electron chi connectivity index (χ4n) is 2.31. The molecule has 0 bridgehead atoms. The highest BCUT2D eigenvalue weighted by molar-refractivity contribution is 5.68. The summed E-state index contributed by atoms with van der Waals surface area (Å²) in [6.07, 6.45) is -2.25. The molecule has 0 radical (unpaired) electrons. The van der Waals surface area contributed by atoms with E-state index in [9.17, 15) is 9.59 Å². The second kappa shape index (κ2) is 6.98. The van der Waals surface area contributed by atoms with Gasteiger partial charge in [-0.1, -0.05) is 34.6 Å². The van der Waals surface area contributed by atoms with Crippen LogP contribution in [0.5, 0.6) is 5.75 Å². The van der Waals surface area contributed by atoms with E-state index in [1.807, 2.05) is 26.8 Å². The van der Waals surface area contributed by atoms with Crippen molar-refractivity contribution in [2.24, 2.45) is 0 Å². The molecule has 7 nitrogen and oxygen atoms in total. The van der Waals surface area contributed by atoms with Gasteiger partial charge in [-0.2, -0.15) is 0 Å². The van der Waals surface area contributed by atoms with E-state index in [4.69, 9.17) is 20.3 Å². The number of nitrogen functional groups attached to an aromatic ring is 1. The molecule has 0 aliphatic rings. The molecule has 0 saturated carbocycles. The number of ether oxygens (including phenoxy) is 3. The van der Waals surface area contributed by atoms with Gasteiger partial charge in [0.15, 0.2) is 0 Å². The summed E-state index contributed by atoms with van der Waals surface area (Å²) in [6, 6.07) is 3.37. The quantitative estimate of drug-likeness (QED) is 0.489. The summed E-state index contributed by atoms with van der Waals surface area (Å²) in [5.41, 5.74) is 7.05. The predicted octanol–water partition coefficient (Wildman–Crippen LogP) is 3.68. The number of carbonyl (C=O) groups excluding carboxylic acids is 1. The van der Waals surface area contributed by atoms with Crippen LogP contribution < -0.4 is 10.5 Å². The lowest BCUT2D eigenvalue weighted by molar-refractivity contribution is 0.0733. The van der Waals surface area contributed by atoms with Crippen LogP contribution in [0.2, 0.25) is 0 Å². The third-order valence-corrected chi connectivity index (χ3v) is 3.61. The number of rotatable bonds is 4. The molecule has 0 saturated heterocycles. The molecule has 1 rings (SSSR count). The summed E-state index contributed by atoms with van der Waals surface area (Å²) in [6.45, 7) is 9.49. The first-order valence-corrected chi connectivity index (χ1v) is 7.44. The zero-order valence-electron chi connectivity index (χ0n) is 14.9. The molecule has 3 N–H and O–H groups in total. The minimum absolute atomic E-state index is 0.104. The smallest absolute Gasteiger partial charge is 0.450 e. The number of anilines is 1. The molecular formula is C17H25NO6.